The molecule has 94 valence electrons. The van der Waals surface area contributed by atoms with Crippen LogP contribution in [0.3, 0.4) is 0 Å². The lowest BCUT2D eigenvalue weighted by molar-refractivity contribution is 0.108. The minimum atomic E-state index is -0.189. The molecule has 2 aliphatic carbocycles. The summed E-state index contributed by atoms with van der Waals surface area (Å²) in [6, 6.07) is 0.706. The molecule has 0 heterocycles. The molecule has 0 aliphatic heterocycles. The largest absolute Gasteiger partial charge is 0.390 e. The van der Waals surface area contributed by atoms with Crippen LogP contribution in [0.25, 0.3) is 0 Å². The number of aliphatic hydroxyl groups is 1. The van der Waals surface area contributed by atoms with Gasteiger partial charge in [0, 0.05) is 25.7 Å². The Balaban J connectivity index is 1.61. The van der Waals surface area contributed by atoms with Gasteiger partial charge in [-0.3, -0.25) is 0 Å². The molecular weight excluding hydrogens is 200 g/mol. The van der Waals surface area contributed by atoms with Crippen molar-refractivity contribution in [1.29, 1.82) is 0 Å². The Morgan fingerprint density at radius 1 is 1.31 bits per heavy atom. The van der Waals surface area contributed by atoms with Gasteiger partial charge in [-0.25, -0.2) is 0 Å². The van der Waals surface area contributed by atoms with Crippen LogP contribution in [0.2, 0.25) is 0 Å². The van der Waals surface area contributed by atoms with E-state index in [0.717, 1.165) is 25.6 Å². The highest BCUT2D eigenvalue weighted by Gasteiger charge is 2.25. The molecule has 3 nitrogen and oxygen atoms in total. The van der Waals surface area contributed by atoms with Crippen molar-refractivity contribution in [2.75, 3.05) is 26.2 Å². The van der Waals surface area contributed by atoms with E-state index >= 15 is 0 Å². The van der Waals surface area contributed by atoms with Crippen molar-refractivity contribution in [3.05, 3.63) is 0 Å². The second kappa shape index (κ2) is 5.99. The van der Waals surface area contributed by atoms with Gasteiger partial charge in [0.1, 0.15) is 0 Å². The quantitative estimate of drug-likeness (QED) is 0.620. The molecule has 2 saturated carbocycles. The fourth-order valence-electron chi connectivity index (χ4n) is 2.19. The zero-order valence-electron chi connectivity index (χ0n) is 10.5. The molecule has 2 N–H and O–H groups in total. The second-order valence-electron chi connectivity index (χ2n) is 5.54. The van der Waals surface area contributed by atoms with Crippen LogP contribution < -0.4 is 5.32 Å². The first-order chi connectivity index (χ1) is 7.78. The van der Waals surface area contributed by atoms with Gasteiger partial charge in [-0.1, -0.05) is 6.92 Å². The van der Waals surface area contributed by atoms with Crippen LogP contribution >= 0.6 is 0 Å². The summed E-state index contributed by atoms with van der Waals surface area (Å²) in [5.41, 5.74) is 0. The molecule has 0 spiro atoms. The fourth-order valence-corrected chi connectivity index (χ4v) is 2.19. The highest BCUT2D eigenvalue weighted by molar-refractivity contribution is 4.83. The summed E-state index contributed by atoms with van der Waals surface area (Å²) in [5, 5.41) is 13.3. The van der Waals surface area contributed by atoms with Crippen molar-refractivity contribution in [3.8, 4) is 0 Å². The predicted octanol–water partition coefficient (Wildman–Crippen LogP) is 1.22. The third kappa shape index (κ3) is 4.81. The Morgan fingerprint density at radius 2 is 2.06 bits per heavy atom. The first kappa shape index (κ1) is 12.3. The zero-order chi connectivity index (χ0) is 11.4. The van der Waals surface area contributed by atoms with Crippen molar-refractivity contribution in [2.24, 2.45) is 5.92 Å². The maximum atomic E-state index is 9.95. The van der Waals surface area contributed by atoms with Gasteiger partial charge in [-0.05, 0) is 44.6 Å². The normalized spacial score (nSPS) is 22.7. The van der Waals surface area contributed by atoms with Gasteiger partial charge in [-0.2, -0.15) is 0 Å². The van der Waals surface area contributed by atoms with Crippen LogP contribution in [0.4, 0.5) is 0 Å². The summed E-state index contributed by atoms with van der Waals surface area (Å²) in [4.78, 5) is 2.44. The number of aliphatic hydroxyl groups excluding tert-OH is 1. The minimum absolute atomic E-state index is 0.189. The molecule has 0 aromatic heterocycles. The molecule has 1 atom stereocenters. The van der Waals surface area contributed by atoms with E-state index in [4.69, 9.17) is 0 Å². The number of hydrogen-bond acceptors (Lipinski definition) is 3. The van der Waals surface area contributed by atoms with Crippen LogP contribution in [-0.2, 0) is 0 Å². The number of nitrogens with one attached hydrogen (secondary N) is 1. The molecule has 2 fully saturated rings. The Kier molecular flexibility index (Phi) is 4.62. The maximum Gasteiger partial charge on any atom is 0.0791 e. The monoisotopic (exact) mass is 226 g/mol. The Labute approximate surface area is 99.2 Å². The van der Waals surface area contributed by atoms with Gasteiger partial charge in [0.05, 0.1) is 6.10 Å². The van der Waals surface area contributed by atoms with Crippen LogP contribution in [0.1, 0.15) is 39.0 Å². The summed E-state index contributed by atoms with van der Waals surface area (Å²) in [7, 11) is 0. The molecule has 1 unspecified atom stereocenters. The van der Waals surface area contributed by atoms with E-state index in [-0.39, 0.29) is 6.10 Å². The molecule has 0 radical (unpaired) electrons. The molecule has 0 aromatic carbocycles. The smallest absolute Gasteiger partial charge is 0.0791 e. The van der Waals surface area contributed by atoms with Crippen LogP contribution in [0, 0.1) is 5.92 Å². The van der Waals surface area contributed by atoms with Gasteiger partial charge in [0.25, 0.3) is 0 Å². The molecule has 0 bridgehead atoms. The number of rotatable bonds is 9. The topological polar surface area (TPSA) is 35.5 Å². The number of nitrogens with zero attached hydrogens (tertiary/aromatic N) is 1. The van der Waals surface area contributed by atoms with E-state index in [0.29, 0.717) is 6.04 Å². The van der Waals surface area contributed by atoms with Gasteiger partial charge in [-0.15, -0.1) is 0 Å². The van der Waals surface area contributed by atoms with E-state index in [9.17, 15) is 5.11 Å². The lowest BCUT2D eigenvalue weighted by atomic mass is 10.2. The summed E-state index contributed by atoms with van der Waals surface area (Å²) < 4.78 is 0. The third-order valence-corrected chi connectivity index (χ3v) is 3.44. The predicted molar refractivity (Wildman–Crippen MR) is 66.5 cm³/mol. The molecule has 2 rings (SSSR count). The first-order valence-electron chi connectivity index (χ1n) is 6.91. The van der Waals surface area contributed by atoms with Crippen molar-refractivity contribution in [2.45, 2.75) is 51.2 Å². The van der Waals surface area contributed by atoms with Gasteiger partial charge in [0.15, 0.2) is 0 Å². The van der Waals surface area contributed by atoms with Gasteiger partial charge < -0.3 is 15.3 Å². The van der Waals surface area contributed by atoms with Crippen LogP contribution in [0.15, 0.2) is 0 Å². The molecule has 0 aromatic rings. The molecule has 16 heavy (non-hydrogen) atoms. The highest BCUT2D eigenvalue weighted by Crippen LogP contribution is 2.29. The van der Waals surface area contributed by atoms with Gasteiger partial charge in [0.2, 0.25) is 0 Å². The SMILES string of the molecule is CCCN(CC(O)CNC1CC1)CC1CC1. The summed E-state index contributed by atoms with van der Waals surface area (Å²) in [6.07, 6.45) is 6.40. The number of hydrogen-bond donors (Lipinski definition) is 2. The fraction of sp³-hybridized carbons (Fsp3) is 1.00. The lowest BCUT2D eigenvalue weighted by Gasteiger charge is -2.24. The molecule has 3 heteroatoms. The van der Waals surface area contributed by atoms with Crippen molar-refractivity contribution < 1.29 is 5.11 Å². The van der Waals surface area contributed by atoms with E-state index in [1.165, 1.54) is 38.6 Å². The molecule has 0 saturated heterocycles. The molecule has 0 amide bonds. The Hall–Kier alpha value is -0.120. The van der Waals surface area contributed by atoms with Gasteiger partial charge >= 0.3 is 0 Å². The summed E-state index contributed by atoms with van der Waals surface area (Å²) >= 11 is 0. The summed E-state index contributed by atoms with van der Waals surface area (Å²) in [5.74, 6) is 0.926. The maximum absolute atomic E-state index is 9.95. The second-order valence-corrected chi connectivity index (χ2v) is 5.54. The van der Waals surface area contributed by atoms with E-state index in [1.807, 2.05) is 0 Å². The Morgan fingerprint density at radius 3 is 2.62 bits per heavy atom. The molecular formula is C13H26N2O. The summed E-state index contributed by atoms with van der Waals surface area (Å²) in [6.45, 7) is 6.18. The lowest BCUT2D eigenvalue weighted by Crippen LogP contribution is -2.40. The standard InChI is InChI=1S/C13H26N2O/c1-2-7-15(9-11-3-4-11)10-13(16)8-14-12-5-6-12/h11-14,16H,2-10H2,1H3. The van der Waals surface area contributed by atoms with Crippen LogP contribution in [0.5, 0.6) is 0 Å². The van der Waals surface area contributed by atoms with Crippen molar-refractivity contribution in [3.63, 3.8) is 0 Å². The highest BCUT2D eigenvalue weighted by atomic mass is 16.3. The van der Waals surface area contributed by atoms with E-state index < -0.39 is 0 Å². The third-order valence-electron chi connectivity index (χ3n) is 3.44. The minimum Gasteiger partial charge on any atom is -0.390 e. The molecule has 2 aliphatic rings. The van der Waals surface area contributed by atoms with E-state index in [2.05, 4.69) is 17.1 Å². The van der Waals surface area contributed by atoms with Crippen LogP contribution in [-0.4, -0.2) is 48.3 Å². The average Bonchev–Trinajstić information content (AvgIpc) is 3.10. The van der Waals surface area contributed by atoms with E-state index in [1.54, 1.807) is 0 Å². The Bertz CT molecular complexity index is 202. The average molecular weight is 226 g/mol. The zero-order valence-corrected chi connectivity index (χ0v) is 10.5. The van der Waals surface area contributed by atoms with Crippen molar-refractivity contribution in [1.82, 2.24) is 10.2 Å². The van der Waals surface area contributed by atoms with Crippen molar-refractivity contribution >= 4 is 0 Å². The first-order valence-corrected chi connectivity index (χ1v) is 6.91.